The normalized spacial score (nSPS) is 19.6. The van der Waals surface area contributed by atoms with Gasteiger partial charge in [-0.1, -0.05) is 6.42 Å². The van der Waals surface area contributed by atoms with Gasteiger partial charge in [0.05, 0.1) is 14.2 Å². The van der Waals surface area contributed by atoms with Crippen LogP contribution in [0.2, 0.25) is 0 Å². The Morgan fingerprint density at radius 1 is 1.27 bits per heavy atom. The molecule has 0 aliphatic carbocycles. The molecule has 7 nitrogen and oxygen atoms in total. The fourth-order valence-electron chi connectivity index (χ4n) is 2.59. The SMILES string of the molecule is COc1ccc(OC)c(S(=O)(=O)N2CCCCC2C(N)=O)c1. The Morgan fingerprint density at radius 3 is 2.59 bits per heavy atom. The van der Waals surface area contributed by atoms with Gasteiger partial charge in [-0.25, -0.2) is 8.42 Å². The largest absolute Gasteiger partial charge is 0.497 e. The molecule has 1 atom stereocenters. The third kappa shape index (κ3) is 3.02. The van der Waals surface area contributed by atoms with Crippen molar-refractivity contribution in [3.05, 3.63) is 18.2 Å². The molecule has 0 aromatic heterocycles. The van der Waals surface area contributed by atoms with Crippen molar-refractivity contribution >= 4 is 15.9 Å². The van der Waals surface area contributed by atoms with Crippen LogP contribution in [-0.4, -0.2) is 45.4 Å². The predicted molar refractivity (Wildman–Crippen MR) is 80.3 cm³/mol. The van der Waals surface area contributed by atoms with E-state index in [2.05, 4.69) is 0 Å². The van der Waals surface area contributed by atoms with E-state index in [1.165, 1.54) is 26.4 Å². The summed E-state index contributed by atoms with van der Waals surface area (Å²) in [4.78, 5) is 11.6. The summed E-state index contributed by atoms with van der Waals surface area (Å²) < 4.78 is 37.2. The Hall–Kier alpha value is -1.80. The smallest absolute Gasteiger partial charge is 0.247 e. The summed E-state index contributed by atoms with van der Waals surface area (Å²) in [6.07, 6.45) is 1.89. The molecule has 1 aromatic carbocycles. The van der Waals surface area contributed by atoms with Gasteiger partial charge in [0.1, 0.15) is 22.4 Å². The van der Waals surface area contributed by atoms with Gasteiger partial charge in [0, 0.05) is 12.6 Å². The molecule has 1 fully saturated rings. The van der Waals surface area contributed by atoms with Crippen LogP contribution in [0.4, 0.5) is 0 Å². The van der Waals surface area contributed by atoms with Crippen molar-refractivity contribution in [3.8, 4) is 11.5 Å². The highest BCUT2D eigenvalue weighted by Gasteiger charge is 2.38. The molecule has 22 heavy (non-hydrogen) atoms. The zero-order chi connectivity index (χ0) is 16.3. The number of nitrogens with two attached hydrogens (primary N) is 1. The molecular formula is C14H20N2O5S. The van der Waals surface area contributed by atoms with E-state index in [0.29, 0.717) is 18.6 Å². The summed E-state index contributed by atoms with van der Waals surface area (Å²) in [6.45, 7) is 0.260. The number of carbonyl (C=O) groups is 1. The van der Waals surface area contributed by atoms with Gasteiger partial charge in [0.2, 0.25) is 15.9 Å². The van der Waals surface area contributed by atoms with Gasteiger partial charge in [0.15, 0.2) is 0 Å². The van der Waals surface area contributed by atoms with E-state index in [-0.39, 0.29) is 17.2 Å². The van der Waals surface area contributed by atoms with E-state index in [1.807, 2.05) is 0 Å². The minimum atomic E-state index is -3.90. The monoisotopic (exact) mass is 328 g/mol. The number of primary amides is 1. The molecule has 0 radical (unpaired) electrons. The quantitative estimate of drug-likeness (QED) is 0.859. The molecule has 8 heteroatoms. The second-order valence-corrected chi connectivity index (χ2v) is 6.91. The maximum absolute atomic E-state index is 12.9. The van der Waals surface area contributed by atoms with Crippen molar-refractivity contribution in [3.63, 3.8) is 0 Å². The minimum Gasteiger partial charge on any atom is -0.497 e. The van der Waals surface area contributed by atoms with Crippen molar-refractivity contribution in [2.45, 2.75) is 30.2 Å². The Bertz CT molecular complexity index is 659. The average Bonchev–Trinajstić information content (AvgIpc) is 2.54. The van der Waals surface area contributed by atoms with Crippen LogP contribution in [0.25, 0.3) is 0 Å². The molecule has 1 aromatic rings. The van der Waals surface area contributed by atoms with Gasteiger partial charge >= 0.3 is 0 Å². The van der Waals surface area contributed by atoms with Crippen LogP contribution in [-0.2, 0) is 14.8 Å². The number of piperidine rings is 1. The lowest BCUT2D eigenvalue weighted by molar-refractivity contribution is -0.122. The van der Waals surface area contributed by atoms with Gasteiger partial charge in [-0.3, -0.25) is 4.79 Å². The van der Waals surface area contributed by atoms with Gasteiger partial charge in [-0.2, -0.15) is 4.31 Å². The van der Waals surface area contributed by atoms with Crippen LogP contribution in [0.3, 0.4) is 0 Å². The lowest BCUT2D eigenvalue weighted by Gasteiger charge is -2.32. The number of hydrogen-bond acceptors (Lipinski definition) is 5. The molecule has 1 amide bonds. The lowest BCUT2D eigenvalue weighted by atomic mass is 10.0. The van der Waals surface area contributed by atoms with Crippen LogP contribution < -0.4 is 15.2 Å². The standard InChI is InChI=1S/C14H20N2O5S/c1-20-10-6-7-12(21-2)13(9-10)22(18,19)16-8-4-3-5-11(16)14(15)17/h6-7,9,11H,3-5,8H2,1-2H3,(H2,15,17). The number of carbonyl (C=O) groups excluding carboxylic acids is 1. The number of sulfonamides is 1. The number of nitrogens with zero attached hydrogens (tertiary/aromatic N) is 1. The van der Waals surface area contributed by atoms with Crippen LogP contribution in [0.15, 0.2) is 23.1 Å². The van der Waals surface area contributed by atoms with Gasteiger partial charge < -0.3 is 15.2 Å². The third-order valence-electron chi connectivity index (χ3n) is 3.74. The first-order chi connectivity index (χ1) is 10.4. The Morgan fingerprint density at radius 2 is 2.00 bits per heavy atom. The van der Waals surface area contributed by atoms with Crippen molar-refractivity contribution in [2.24, 2.45) is 5.73 Å². The number of rotatable bonds is 5. The maximum atomic E-state index is 12.9. The van der Waals surface area contributed by atoms with Crippen molar-refractivity contribution in [2.75, 3.05) is 20.8 Å². The molecule has 122 valence electrons. The van der Waals surface area contributed by atoms with E-state index in [4.69, 9.17) is 15.2 Å². The number of ether oxygens (including phenoxy) is 2. The summed E-state index contributed by atoms with van der Waals surface area (Å²) in [6, 6.07) is 3.70. The molecular weight excluding hydrogens is 308 g/mol. The van der Waals surface area contributed by atoms with Crippen molar-refractivity contribution in [1.82, 2.24) is 4.31 Å². The lowest BCUT2D eigenvalue weighted by Crippen LogP contribution is -2.50. The van der Waals surface area contributed by atoms with Crippen molar-refractivity contribution < 1.29 is 22.7 Å². The second kappa shape index (κ2) is 6.53. The molecule has 2 N–H and O–H groups in total. The van der Waals surface area contributed by atoms with E-state index in [0.717, 1.165) is 10.7 Å². The molecule has 1 unspecified atom stereocenters. The first kappa shape index (κ1) is 16.6. The number of hydrogen-bond donors (Lipinski definition) is 1. The van der Waals surface area contributed by atoms with Crippen LogP contribution in [0.1, 0.15) is 19.3 Å². The Kier molecular flexibility index (Phi) is 4.92. The maximum Gasteiger partial charge on any atom is 0.247 e. The fraction of sp³-hybridized carbons (Fsp3) is 0.500. The van der Waals surface area contributed by atoms with Gasteiger partial charge in [0.25, 0.3) is 0 Å². The van der Waals surface area contributed by atoms with E-state index >= 15 is 0 Å². The average molecular weight is 328 g/mol. The summed E-state index contributed by atoms with van der Waals surface area (Å²) in [5, 5.41) is 0. The summed E-state index contributed by atoms with van der Waals surface area (Å²) in [7, 11) is -1.06. The van der Waals surface area contributed by atoms with Crippen LogP contribution in [0.5, 0.6) is 11.5 Å². The number of methoxy groups -OCH3 is 2. The fourth-order valence-corrected chi connectivity index (χ4v) is 4.43. The van der Waals surface area contributed by atoms with Crippen LogP contribution in [0, 0.1) is 0 Å². The second-order valence-electron chi connectivity index (χ2n) is 5.05. The Balaban J connectivity index is 2.51. The molecule has 1 aliphatic rings. The van der Waals surface area contributed by atoms with Gasteiger partial charge in [-0.05, 0) is 25.0 Å². The van der Waals surface area contributed by atoms with Crippen LogP contribution >= 0.6 is 0 Å². The minimum absolute atomic E-state index is 0.0255. The predicted octanol–water partition coefficient (Wildman–Crippen LogP) is 0.732. The highest BCUT2D eigenvalue weighted by atomic mass is 32.2. The topological polar surface area (TPSA) is 98.9 Å². The summed E-state index contributed by atoms with van der Waals surface area (Å²) >= 11 is 0. The number of benzene rings is 1. The third-order valence-corrected chi connectivity index (χ3v) is 5.67. The van der Waals surface area contributed by atoms with Crippen molar-refractivity contribution in [1.29, 1.82) is 0 Å². The molecule has 0 spiro atoms. The highest BCUT2D eigenvalue weighted by Crippen LogP contribution is 2.33. The molecule has 1 aliphatic heterocycles. The van der Waals surface area contributed by atoms with E-state index in [1.54, 1.807) is 6.07 Å². The number of amides is 1. The summed E-state index contributed by atoms with van der Waals surface area (Å²) in [5.74, 6) is -0.0354. The van der Waals surface area contributed by atoms with E-state index < -0.39 is 22.0 Å². The zero-order valence-electron chi connectivity index (χ0n) is 12.6. The highest BCUT2D eigenvalue weighted by molar-refractivity contribution is 7.89. The molecule has 2 rings (SSSR count). The molecule has 0 bridgehead atoms. The molecule has 1 heterocycles. The molecule has 1 saturated heterocycles. The van der Waals surface area contributed by atoms with E-state index in [9.17, 15) is 13.2 Å². The Labute approximate surface area is 130 Å². The molecule has 0 saturated carbocycles. The summed E-state index contributed by atoms with van der Waals surface area (Å²) in [5.41, 5.74) is 5.36. The first-order valence-corrected chi connectivity index (χ1v) is 8.39. The zero-order valence-corrected chi connectivity index (χ0v) is 13.4. The van der Waals surface area contributed by atoms with Gasteiger partial charge in [-0.15, -0.1) is 0 Å². The first-order valence-electron chi connectivity index (χ1n) is 6.95.